The zero-order valence-corrected chi connectivity index (χ0v) is 16.2. The normalized spacial score (nSPS) is 15.2. The average molecular weight is 433 g/mol. The van der Waals surface area contributed by atoms with Gasteiger partial charge < -0.3 is 4.90 Å². The number of carbonyl (C=O) groups is 1. The molecule has 1 N–H and O–H groups in total. The van der Waals surface area contributed by atoms with Gasteiger partial charge in [0.25, 0.3) is 10.0 Å². The largest absolute Gasteiger partial charge is 0.416 e. The van der Waals surface area contributed by atoms with Gasteiger partial charge >= 0.3 is 6.18 Å². The maximum absolute atomic E-state index is 12.9. The summed E-state index contributed by atoms with van der Waals surface area (Å²) in [4.78, 5) is 13.3. The molecule has 0 bridgehead atoms. The number of benzene rings is 2. The molecule has 0 atom stereocenters. The molecule has 0 radical (unpaired) electrons. The van der Waals surface area contributed by atoms with E-state index in [1.165, 1.54) is 18.2 Å². The van der Waals surface area contributed by atoms with E-state index >= 15 is 0 Å². The van der Waals surface area contributed by atoms with E-state index in [-0.39, 0.29) is 21.5 Å². The SMILES string of the molecule is Cc1cc(S(=O)(=O)Nc2cc(C(F)(F)F)ccc2Cl)ccc1N1CCCC1=O. The lowest BCUT2D eigenvalue weighted by molar-refractivity contribution is -0.137. The second kappa shape index (κ2) is 7.29. The lowest BCUT2D eigenvalue weighted by atomic mass is 10.2. The van der Waals surface area contributed by atoms with E-state index in [1.807, 2.05) is 0 Å². The van der Waals surface area contributed by atoms with Gasteiger partial charge in [-0.05, 0) is 55.3 Å². The summed E-state index contributed by atoms with van der Waals surface area (Å²) >= 11 is 5.86. The standard InChI is InChI=1S/C18H16ClF3N2O3S/c1-11-9-13(5-7-16(11)24-8-2-3-17(24)25)28(26,27)23-15-10-12(18(20,21)22)4-6-14(15)19/h4-7,9-10,23H,2-3,8H2,1H3. The van der Waals surface area contributed by atoms with E-state index < -0.39 is 21.8 Å². The Kier molecular flexibility index (Phi) is 5.33. The number of hydrogen-bond acceptors (Lipinski definition) is 3. The minimum Gasteiger partial charge on any atom is -0.312 e. The molecule has 1 aliphatic rings. The van der Waals surface area contributed by atoms with Crippen LogP contribution in [0, 0.1) is 6.92 Å². The fourth-order valence-corrected chi connectivity index (χ4v) is 4.36. The van der Waals surface area contributed by atoms with Crippen LogP contribution in [0.4, 0.5) is 24.5 Å². The number of sulfonamides is 1. The van der Waals surface area contributed by atoms with Crippen molar-refractivity contribution in [1.82, 2.24) is 0 Å². The molecule has 5 nitrogen and oxygen atoms in total. The first kappa shape index (κ1) is 20.5. The van der Waals surface area contributed by atoms with Crippen LogP contribution in [0.15, 0.2) is 41.3 Å². The highest BCUT2D eigenvalue weighted by molar-refractivity contribution is 7.92. The van der Waals surface area contributed by atoms with E-state index in [0.29, 0.717) is 30.3 Å². The Morgan fingerprint density at radius 2 is 1.86 bits per heavy atom. The molecule has 3 rings (SSSR count). The Labute approximate surface area is 165 Å². The molecule has 1 amide bonds. The Morgan fingerprint density at radius 1 is 1.14 bits per heavy atom. The lowest BCUT2D eigenvalue weighted by Crippen LogP contribution is -2.24. The predicted molar refractivity (Wildman–Crippen MR) is 100 cm³/mol. The Hall–Kier alpha value is -2.26. The average Bonchev–Trinajstić information content (AvgIpc) is 3.01. The van der Waals surface area contributed by atoms with Crippen molar-refractivity contribution in [2.24, 2.45) is 0 Å². The Bertz CT molecular complexity index is 1040. The minimum absolute atomic E-state index is 0.0346. The molecule has 1 fully saturated rings. The van der Waals surface area contributed by atoms with Crippen molar-refractivity contribution in [3.8, 4) is 0 Å². The van der Waals surface area contributed by atoms with E-state index in [4.69, 9.17) is 11.6 Å². The van der Waals surface area contributed by atoms with E-state index in [0.717, 1.165) is 18.6 Å². The summed E-state index contributed by atoms with van der Waals surface area (Å²) in [7, 11) is -4.18. The number of carbonyl (C=O) groups excluding carboxylic acids is 1. The number of halogens is 4. The molecule has 10 heteroatoms. The van der Waals surface area contributed by atoms with Gasteiger partial charge in [0.2, 0.25) is 5.91 Å². The second-order valence-electron chi connectivity index (χ2n) is 6.40. The quantitative estimate of drug-likeness (QED) is 0.768. The molecular formula is C18H16ClF3N2O3S. The summed E-state index contributed by atoms with van der Waals surface area (Å²) < 4.78 is 66.0. The van der Waals surface area contributed by atoms with Gasteiger partial charge in [0.05, 0.1) is 21.2 Å². The number of rotatable bonds is 4. The van der Waals surface area contributed by atoms with Crippen molar-refractivity contribution in [2.75, 3.05) is 16.2 Å². The zero-order valence-electron chi connectivity index (χ0n) is 14.7. The van der Waals surface area contributed by atoms with E-state index in [9.17, 15) is 26.4 Å². The van der Waals surface area contributed by atoms with Gasteiger partial charge in [0, 0.05) is 18.7 Å². The second-order valence-corrected chi connectivity index (χ2v) is 8.48. The first-order valence-electron chi connectivity index (χ1n) is 8.29. The number of nitrogens with zero attached hydrogens (tertiary/aromatic N) is 1. The van der Waals surface area contributed by atoms with Crippen molar-refractivity contribution < 1.29 is 26.4 Å². The van der Waals surface area contributed by atoms with Crippen molar-refractivity contribution in [3.05, 3.63) is 52.5 Å². The number of hydrogen-bond donors (Lipinski definition) is 1. The van der Waals surface area contributed by atoms with Crippen LogP contribution in [0.25, 0.3) is 0 Å². The third-order valence-electron chi connectivity index (χ3n) is 4.38. The van der Waals surface area contributed by atoms with Crippen molar-refractivity contribution in [1.29, 1.82) is 0 Å². The number of amides is 1. The number of aryl methyl sites for hydroxylation is 1. The highest BCUT2D eigenvalue weighted by atomic mass is 35.5. The van der Waals surface area contributed by atoms with Crippen LogP contribution in [0.5, 0.6) is 0 Å². The topological polar surface area (TPSA) is 66.5 Å². The van der Waals surface area contributed by atoms with Gasteiger partial charge in [-0.25, -0.2) is 8.42 Å². The molecule has 0 saturated carbocycles. The monoisotopic (exact) mass is 432 g/mol. The van der Waals surface area contributed by atoms with Gasteiger partial charge in [-0.15, -0.1) is 0 Å². The third kappa shape index (κ3) is 4.10. The maximum Gasteiger partial charge on any atom is 0.416 e. The first-order valence-corrected chi connectivity index (χ1v) is 10.2. The number of nitrogens with one attached hydrogen (secondary N) is 1. The van der Waals surface area contributed by atoms with Crippen LogP contribution in [0.3, 0.4) is 0 Å². The van der Waals surface area contributed by atoms with Crippen LogP contribution in [0.2, 0.25) is 5.02 Å². The van der Waals surface area contributed by atoms with Crippen LogP contribution >= 0.6 is 11.6 Å². The predicted octanol–water partition coefficient (Wildman–Crippen LogP) is 4.59. The first-order chi connectivity index (χ1) is 13.0. The summed E-state index contributed by atoms with van der Waals surface area (Å²) in [6.07, 6.45) is -3.46. The molecule has 150 valence electrons. The molecule has 0 aliphatic carbocycles. The third-order valence-corrected chi connectivity index (χ3v) is 6.07. The van der Waals surface area contributed by atoms with Gasteiger partial charge in [-0.2, -0.15) is 13.2 Å². The molecule has 2 aromatic carbocycles. The summed E-state index contributed by atoms with van der Waals surface area (Å²) in [6, 6.07) is 6.58. The van der Waals surface area contributed by atoms with Gasteiger partial charge in [-0.1, -0.05) is 11.6 Å². The highest BCUT2D eigenvalue weighted by Gasteiger charge is 2.31. The number of anilines is 2. The fourth-order valence-electron chi connectivity index (χ4n) is 2.98. The zero-order chi connectivity index (χ0) is 20.7. The molecule has 1 saturated heterocycles. The summed E-state index contributed by atoms with van der Waals surface area (Å²) in [5.41, 5.74) is -0.214. The van der Waals surface area contributed by atoms with Crippen molar-refractivity contribution in [2.45, 2.75) is 30.8 Å². The molecule has 1 aliphatic heterocycles. The van der Waals surface area contributed by atoms with Gasteiger partial charge in [0.1, 0.15) is 0 Å². The van der Waals surface area contributed by atoms with Crippen molar-refractivity contribution in [3.63, 3.8) is 0 Å². The molecule has 0 unspecified atom stereocenters. The smallest absolute Gasteiger partial charge is 0.312 e. The summed E-state index contributed by atoms with van der Waals surface area (Å²) in [5, 5.41) is -0.160. The molecule has 0 spiro atoms. The Balaban J connectivity index is 1.92. The minimum atomic E-state index is -4.63. The summed E-state index contributed by atoms with van der Waals surface area (Å²) in [5.74, 6) is -0.0346. The fraction of sp³-hybridized carbons (Fsp3) is 0.278. The van der Waals surface area contributed by atoms with E-state index in [1.54, 1.807) is 11.8 Å². The molecule has 0 aromatic heterocycles. The molecular weight excluding hydrogens is 417 g/mol. The van der Waals surface area contributed by atoms with Crippen LogP contribution in [-0.2, 0) is 21.0 Å². The van der Waals surface area contributed by atoms with Gasteiger partial charge in [0.15, 0.2) is 0 Å². The highest BCUT2D eigenvalue weighted by Crippen LogP contribution is 2.35. The van der Waals surface area contributed by atoms with Crippen LogP contribution in [0.1, 0.15) is 24.0 Å². The van der Waals surface area contributed by atoms with Crippen LogP contribution in [-0.4, -0.2) is 20.9 Å². The van der Waals surface area contributed by atoms with Crippen LogP contribution < -0.4 is 9.62 Å². The molecule has 2 aromatic rings. The van der Waals surface area contributed by atoms with Crippen molar-refractivity contribution >= 4 is 38.9 Å². The van der Waals surface area contributed by atoms with Gasteiger partial charge in [-0.3, -0.25) is 9.52 Å². The lowest BCUT2D eigenvalue weighted by Gasteiger charge is -2.19. The summed E-state index contributed by atoms with van der Waals surface area (Å²) in [6.45, 7) is 2.22. The van der Waals surface area contributed by atoms with E-state index in [2.05, 4.69) is 4.72 Å². The molecule has 28 heavy (non-hydrogen) atoms. The maximum atomic E-state index is 12.9. The number of alkyl halides is 3. The molecule has 1 heterocycles. The Morgan fingerprint density at radius 3 is 2.43 bits per heavy atom.